The van der Waals surface area contributed by atoms with Gasteiger partial charge in [-0.05, 0) is 49.6 Å². The largest absolute Gasteiger partial charge is 0.497 e. The fourth-order valence-electron chi connectivity index (χ4n) is 3.38. The Kier molecular flexibility index (Phi) is 6.06. The molecule has 1 atom stereocenters. The second-order valence-corrected chi connectivity index (χ2v) is 6.54. The van der Waals surface area contributed by atoms with Gasteiger partial charge in [-0.3, -0.25) is 14.8 Å². The first kappa shape index (κ1) is 17.5. The first-order valence-electron chi connectivity index (χ1n) is 8.86. The Balaban J connectivity index is 1.41. The van der Waals surface area contributed by atoms with E-state index in [1.807, 2.05) is 30.3 Å². The Morgan fingerprint density at radius 2 is 2.36 bits per heavy atom. The number of nitrogens with zero attached hydrogens (tertiary/aromatic N) is 2. The lowest BCUT2D eigenvalue weighted by molar-refractivity contribution is -0.122. The number of carbonyl (C=O) groups is 1. The van der Waals surface area contributed by atoms with Gasteiger partial charge in [-0.25, -0.2) is 0 Å². The Labute approximate surface area is 148 Å². The zero-order valence-corrected chi connectivity index (χ0v) is 14.7. The molecule has 134 valence electrons. The summed E-state index contributed by atoms with van der Waals surface area (Å²) in [5.41, 5.74) is 2.33. The molecule has 1 aromatic carbocycles. The number of H-pyrrole nitrogens is 1. The van der Waals surface area contributed by atoms with Crippen LogP contribution in [0.4, 0.5) is 0 Å². The molecule has 1 fully saturated rings. The smallest absolute Gasteiger partial charge is 0.234 e. The number of aromatic amines is 1. The van der Waals surface area contributed by atoms with Crippen LogP contribution in [0.5, 0.6) is 5.75 Å². The molecular weight excluding hydrogens is 316 g/mol. The van der Waals surface area contributed by atoms with E-state index in [0.717, 1.165) is 43.7 Å². The summed E-state index contributed by atoms with van der Waals surface area (Å²) in [5.74, 6) is 1.39. The van der Waals surface area contributed by atoms with Gasteiger partial charge in [-0.1, -0.05) is 12.1 Å². The fraction of sp³-hybridized carbons (Fsp3) is 0.474. The summed E-state index contributed by atoms with van der Waals surface area (Å²) < 4.78 is 5.22. The first-order valence-corrected chi connectivity index (χ1v) is 8.86. The summed E-state index contributed by atoms with van der Waals surface area (Å²) in [5, 5.41) is 10.1. The normalized spacial score (nSPS) is 18.0. The van der Waals surface area contributed by atoms with Crippen molar-refractivity contribution in [2.75, 3.05) is 33.3 Å². The topological polar surface area (TPSA) is 70.2 Å². The lowest BCUT2D eigenvalue weighted by Crippen LogP contribution is -2.42. The van der Waals surface area contributed by atoms with Crippen molar-refractivity contribution in [1.29, 1.82) is 0 Å². The van der Waals surface area contributed by atoms with E-state index in [0.29, 0.717) is 19.0 Å². The number of hydrogen-bond acceptors (Lipinski definition) is 4. The van der Waals surface area contributed by atoms with Crippen molar-refractivity contribution in [2.24, 2.45) is 0 Å². The maximum atomic E-state index is 12.2. The molecule has 0 unspecified atom stereocenters. The van der Waals surface area contributed by atoms with E-state index in [9.17, 15) is 4.79 Å². The average Bonchev–Trinajstić information content (AvgIpc) is 3.17. The van der Waals surface area contributed by atoms with Crippen molar-refractivity contribution in [3.05, 3.63) is 47.8 Å². The van der Waals surface area contributed by atoms with Gasteiger partial charge in [0.25, 0.3) is 0 Å². The molecule has 25 heavy (non-hydrogen) atoms. The van der Waals surface area contributed by atoms with Crippen LogP contribution in [0.25, 0.3) is 0 Å². The Hall–Kier alpha value is -2.34. The highest BCUT2D eigenvalue weighted by Crippen LogP contribution is 2.24. The van der Waals surface area contributed by atoms with Crippen molar-refractivity contribution in [3.63, 3.8) is 0 Å². The Morgan fingerprint density at radius 1 is 1.44 bits per heavy atom. The van der Waals surface area contributed by atoms with Crippen LogP contribution in [0, 0.1) is 0 Å². The molecule has 6 nitrogen and oxygen atoms in total. The number of likely N-dealkylation sites (tertiary alicyclic amines) is 1. The zero-order chi connectivity index (χ0) is 17.5. The van der Waals surface area contributed by atoms with E-state index >= 15 is 0 Å². The SMILES string of the molecule is COc1cccc(CCNC(=O)CN2CCC[C@H](c3ccn[nH]3)C2)c1. The average molecular weight is 342 g/mol. The number of methoxy groups -OCH3 is 1. The lowest BCUT2D eigenvalue weighted by Gasteiger charge is -2.31. The summed E-state index contributed by atoms with van der Waals surface area (Å²) >= 11 is 0. The highest BCUT2D eigenvalue weighted by Gasteiger charge is 2.23. The maximum absolute atomic E-state index is 12.2. The third-order valence-corrected chi connectivity index (χ3v) is 4.70. The number of rotatable bonds is 7. The number of ether oxygens (including phenoxy) is 1. The molecule has 6 heteroatoms. The molecule has 1 aliphatic heterocycles. The highest BCUT2D eigenvalue weighted by molar-refractivity contribution is 5.78. The van der Waals surface area contributed by atoms with Crippen LogP contribution in [0.3, 0.4) is 0 Å². The number of benzene rings is 1. The van der Waals surface area contributed by atoms with Gasteiger partial charge in [0.15, 0.2) is 0 Å². The highest BCUT2D eigenvalue weighted by atomic mass is 16.5. The van der Waals surface area contributed by atoms with Crippen molar-refractivity contribution in [1.82, 2.24) is 20.4 Å². The number of hydrogen-bond donors (Lipinski definition) is 2. The van der Waals surface area contributed by atoms with Gasteiger partial charge < -0.3 is 10.1 Å². The van der Waals surface area contributed by atoms with Crippen LogP contribution in [-0.4, -0.2) is 54.3 Å². The molecule has 0 radical (unpaired) electrons. The molecule has 3 rings (SSSR count). The zero-order valence-electron chi connectivity index (χ0n) is 14.7. The lowest BCUT2D eigenvalue weighted by atomic mass is 9.95. The van der Waals surface area contributed by atoms with Crippen LogP contribution in [0.15, 0.2) is 36.5 Å². The summed E-state index contributed by atoms with van der Waals surface area (Å²) in [4.78, 5) is 14.5. The summed E-state index contributed by atoms with van der Waals surface area (Å²) in [6.45, 7) is 2.99. The summed E-state index contributed by atoms with van der Waals surface area (Å²) in [6, 6.07) is 9.98. The van der Waals surface area contributed by atoms with E-state index < -0.39 is 0 Å². The second kappa shape index (κ2) is 8.67. The number of piperidine rings is 1. The number of nitrogens with one attached hydrogen (secondary N) is 2. The van der Waals surface area contributed by atoms with E-state index in [-0.39, 0.29) is 5.91 Å². The van der Waals surface area contributed by atoms with E-state index in [4.69, 9.17) is 4.74 Å². The molecule has 0 spiro atoms. The minimum absolute atomic E-state index is 0.0909. The quantitative estimate of drug-likeness (QED) is 0.807. The van der Waals surface area contributed by atoms with Crippen molar-refractivity contribution in [3.8, 4) is 5.75 Å². The molecule has 0 bridgehead atoms. The van der Waals surface area contributed by atoms with Crippen molar-refractivity contribution >= 4 is 5.91 Å². The predicted octanol–water partition coefficient (Wildman–Crippen LogP) is 1.96. The number of aromatic nitrogens is 2. The number of amides is 1. The van der Waals surface area contributed by atoms with Crippen molar-refractivity contribution < 1.29 is 9.53 Å². The molecule has 0 aliphatic carbocycles. The molecule has 0 saturated carbocycles. The molecule has 1 aliphatic rings. The van der Waals surface area contributed by atoms with Crippen LogP contribution in [0.2, 0.25) is 0 Å². The van der Waals surface area contributed by atoms with Gasteiger partial charge in [-0.15, -0.1) is 0 Å². The molecule has 2 heterocycles. The minimum atomic E-state index is 0.0909. The fourth-order valence-corrected chi connectivity index (χ4v) is 3.38. The van der Waals surface area contributed by atoms with Gasteiger partial charge in [0.1, 0.15) is 5.75 Å². The van der Waals surface area contributed by atoms with Crippen molar-refractivity contribution in [2.45, 2.75) is 25.2 Å². The maximum Gasteiger partial charge on any atom is 0.234 e. The van der Waals surface area contributed by atoms with Crippen LogP contribution in [-0.2, 0) is 11.2 Å². The van der Waals surface area contributed by atoms with Gasteiger partial charge in [-0.2, -0.15) is 5.10 Å². The molecule has 2 aromatic rings. The summed E-state index contributed by atoms with van der Waals surface area (Å²) in [7, 11) is 1.66. The molecular formula is C19H26N4O2. The van der Waals surface area contributed by atoms with Gasteiger partial charge in [0, 0.05) is 30.9 Å². The van der Waals surface area contributed by atoms with Crippen LogP contribution >= 0.6 is 0 Å². The third-order valence-electron chi connectivity index (χ3n) is 4.70. The van der Waals surface area contributed by atoms with E-state index in [2.05, 4.69) is 20.4 Å². The van der Waals surface area contributed by atoms with Gasteiger partial charge in [0.05, 0.1) is 13.7 Å². The number of carbonyl (C=O) groups excluding carboxylic acids is 1. The van der Waals surface area contributed by atoms with E-state index in [1.54, 1.807) is 13.3 Å². The molecule has 1 amide bonds. The molecule has 1 aromatic heterocycles. The Bertz CT molecular complexity index is 672. The van der Waals surface area contributed by atoms with Gasteiger partial charge in [0.2, 0.25) is 5.91 Å². The third kappa shape index (κ3) is 5.06. The van der Waals surface area contributed by atoms with E-state index in [1.165, 1.54) is 5.69 Å². The first-order chi connectivity index (χ1) is 12.2. The molecule has 2 N–H and O–H groups in total. The monoisotopic (exact) mass is 342 g/mol. The Morgan fingerprint density at radius 3 is 3.16 bits per heavy atom. The minimum Gasteiger partial charge on any atom is -0.497 e. The second-order valence-electron chi connectivity index (χ2n) is 6.54. The summed E-state index contributed by atoms with van der Waals surface area (Å²) in [6.07, 6.45) is 4.86. The van der Waals surface area contributed by atoms with Crippen LogP contribution in [0.1, 0.15) is 30.0 Å². The predicted molar refractivity (Wildman–Crippen MR) is 96.7 cm³/mol. The standard InChI is InChI=1S/C19H26N4O2/c1-25-17-6-2-4-15(12-17)7-9-20-19(24)14-23-11-3-5-16(13-23)18-8-10-21-22-18/h2,4,6,8,10,12,16H,3,5,7,9,11,13-14H2,1H3,(H,20,24)(H,21,22)/t16-/m0/s1. The molecule has 1 saturated heterocycles. The van der Waals surface area contributed by atoms with Crippen LogP contribution < -0.4 is 10.1 Å². The van der Waals surface area contributed by atoms with Gasteiger partial charge >= 0.3 is 0 Å².